The van der Waals surface area contributed by atoms with Crippen LogP contribution in [0.2, 0.25) is 5.02 Å². The Bertz CT molecular complexity index is 682. The number of pyridine rings is 1. The number of carboxylic acid groups (broad SMARTS) is 1. The number of rotatable bonds is 6. The lowest BCUT2D eigenvalue weighted by molar-refractivity contribution is -0.144. The highest BCUT2D eigenvalue weighted by Gasteiger charge is 2.29. The lowest BCUT2D eigenvalue weighted by Gasteiger charge is -2.27. The highest BCUT2D eigenvalue weighted by atomic mass is 35.5. The van der Waals surface area contributed by atoms with Crippen LogP contribution >= 0.6 is 11.6 Å². The van der Waals surface area contributed by atoms with E-state index < -0.39 is 5.97 Å². The highest BCUT2D eigenvalue weighted by molar-refractivity contribution is 6.30. The molecule has 3 heterocycles. The van der Waals surface area contributed by atoms with Gasteiger partial charge in [-0.05, 0) is 30.9 Å². The van der Waals surface area contributed by atoms with Gasteiger partial charge in [0.2, 0.25) is 0 Å². The summed E-state index contributed by atoms with van der Waals surface area (Å²) in [6, 6.07) is 3.65. The fourth-order valence-electron chi connectivity index (χ4n) is 3.07. The number of nitrogens with zero attached hydrogens (tertiary/aromatic N) is 2. The van der Waals surface area contributed by atoms with Crippen molar-refractivity contribution in [2.75, 3.05) is 19.8 Å². The molecule has 1 atom stereocenters. The Hall–Kier alpha value is -1.63. The van der Waals surface area contributed by atoms with Crippen LogP contribution in [-0.4, -0.2) is 40.2 Å². The van der Waals surface area contributed by atoms with Crippen LogP contribution in [0.25, 0.3) is 5.65 Å². The molecule has 6 nitrogen and oxygen atoms in total. The van der Waals surface area contributed by atoms with E-state index >= 15 is 0 Å². The van der Waals surface area contributed by atoms with Crippen molar-refractivity contribution in [1.29, 1.82) is 0 Å². The van der Waals surface area contributed by atoms with E-state index in [1.165, 1.54) is 0 Å². The van der Waals surface area contributed by atoms with Crippen molar-refractivity contribution < 1.29 is 14.6 Å². The zero-order valence-corrected chi connectivity index (χ0v) is 13.5. The van der Waals surface area contributed by atoms with Gasteiger partial charge in [0.25, 0.3) is 0 Å². The van der Waals surface area contributed by atoms with E-state index in [4.69, 9.17) is 16.3 Å². The summed E-state index contributed by atoms with van der Waals surface area (Å²) >= 11 is 6.02. The van der Waals surface area contributed by atoms with Crippen molar-refractivity contribution >= 4 is 23.2 Å². The minimum atomic E-state index is -0.745. The van der Waals surface area contributed by atoms with Gasteiger partial charge in [0, 0.05) is 32.5 Å². The molecule has 1 aliphatic rings. The van der Waals surface area contributed by atoms with Crippen LogP contribution < -0.4 is 5.32 Å². The van der Waals surface area contributed by atoms with Gasteiger partial charge in [-0.15, -0.1) is 0 Å². The van der Waals surface area contributed by atoms with Gasteiger partial charge in [-0.3, -0.25) is 4.79 Å². The molecule has 0 spiro atoms. The Morgan fingerprint density at radius 3 is 3.00 bits per heavy atom. The number of aliphatic carboxylic acids is 1. The van der Waals surface area contributed by atoms with Gasteiger partial charge in [-0.1, -0.05) is 11.6 Å². The lowest BCUT2D eigenvalue weighted by Crippen LogP contribution is -2.36. The topological polar surface area (TPSA) is 75.9 Å². The fourth-order valence-corrected chi connectivity index (χ4v) is 3.23. The number of hydrogen-bond donors (Lipinski definition) is 2. The normalized spacial score (nSPS) is 17.4. The molecule has 3 rings (SSSR count). The molecule has 1 unspecified atom stereocenters. The average molecular weight is 338 g/mol. The van der Waals surface area contributed by atoms with Crippen LogP contribution in [0, 0.1) is 11.8 Å². The van der Waals surface area contributed by atoms with Gasteiger partial charge >= 0.3 is 5.97 Å². The van der Waals surface area contributed by atoms with E-state index in [0.717, 1.165) is 24.2 Å². The van der Waals surface area contributed by atoms with Gasteiger partial charge in [-0.2, -0.15) is 0 Å². The number of carbonyl (C=O) groups is 1. The largest absolute Gasteiger partial charge is 0.481 e. The number of nitrogens with one attached hydrogen (secondary N) is 1. The Morgan fingerprint density at radius 1 is 1.48 bits per heavy atom. The molecule has 2 aromatic heterocycles. The zero-order chi connectivity index (χ0) is 16.2. The van der Waals surface area contributed by atoms with E-state index in [1.54, 1.807) is 12.3 Å². The third kappa shape index (κ3) is 3.83. The molecule has 1 aliphatic heterocycles. The Labute approximate surface area is 139 Å². The van der Waals surface area contributed by atoms with Gasteiger partial charge in [-0.25, -0.2) is 4.98 Å². The summed E-state index contributed by atoms with van der Waals surface area (Å²) in [5.74, 6) is -0.961. The van der Waals surface area contributed by atoms with Gasteiger partial charge in [0.05, 0.1) is 22.8 Å². The summed E-state index contributed by atoms with van der Waals surface area (Å²) in [6.07, 6.45) is 5.21. The molecule has 0 aliphatic carbocycles. The van der Waals surface area contributed by atoms with E-state index in [0.29, 0.717) is 31.3 Å². The number of halogens is 1. The molecule has 0 bridgehead atoms. The molecule has 23 heavy (non-hydrogen) atoms. The van der Waals surface area contributed by atoms with Crippen LogP contribution in [0.5, 0.6) is 0 Å². The van der Waals surface area contributed by atoms with Crippen molar-refractivity contribution in [3.63, 3.8) is 0 Å². The van der Waals surface area contributed by atoms with Crippen LogP contribution in [0.1, 0.15) is 18.5 Å². The van der Waals surface area contributed by atoms with E-state index in [9.17, 15) is 9.90 Å². The maximum absolute atomic E-state index is 11.5. The number of carboxylic acids is 1. The van der Waals surface area contributed by atoms with E-state index in [2.05, 4.69) is 10.3 Å². The van der Waals surface area contributed by atoms with E-state index in [1.807, 2.05) is 16.7 Å². The van der Waals surface area contributed by atoms with Crippen molar-refractivity contribution in [2.45, 2.75) is 19.4 Å². The standard InChI is InChI=1S/C16H20ClN3O3/c17-12-1-2-15-19-8-13(20(15)10-12)7-18-9-14(16(21)22)11-3-5-23-6-4-11/h1-2,8,10-11,14,18H,3-7,9H2,(H,21,22). The van der Waals surface area contributed by atoms with Crippen LogP contribution in [0.3, 0.4) is 0 Å². The summed E-state index contributed by atoms with van der Waals surface area (Å²) in [7, 11) is 0. The number of aromatic nitrogens is 2. The molecule has 124 valence electrons. The highest BCUT2D eigenvalue weighted by Crippen LogP contribution is 2.24. The quantitative estimate of drug-likeness (QED) is 0.845. The van der Waals surface area contributed by atoms with Gasteiger partial charge < -0.3 is 19.6 Å². The Balaban J connectivity index is 1.62. The van der Waals surface area contributed by atoms with Crippen molar-refractivity contribution in [3.05, 3.63) is 35.2 Å². The number of hydrogen-bond acceptors (Lipinski definition) is 4. The Morgan fingerprint density at radius 2 is 2.26 bits per heavy atom. The van der Waals surface area contributed by atoms with Crippen molar-refractivity contribution in [3.8, 4) is 0 Å². The van der Waals surface area contributed by atoms with Crippen LogP contribution in [0.4, 0.5) is 0 Å². The Kier molecular flexibility index (Phi) is 5.15. The van der Waals surface area contributed by atoms with Crippen molar-refractivity contribution in [1.82, 2.24) is 14.7 Å². The summed E-state index contributed by atoms with van der Waals surface area (Å²) in [6.45, 7) is 2.29. The minimum Gasteiger partial charge on any atom is -0.481 e. The first-order valence-electron chi connectivity index (χ1n) is 7.78. The molecule has 0 aromatic carbocycles. The van der Waals surface area contributed by atoms with Gasteiger partial charge in [0.1, 0.15) is 5.65 Å². The second-order valence-electron chi connectivity index (χ2n) is 5.85. The predicted molar refractivity (Wildman–Crippen MR) is 86.6 cm³/mol. The summed E-state index contributed by atoms with van der Waals surface area (Å²) in [5, 5.41) is 13.4. The maximum Gasteiger partial charge on any atom is 0.308 e. The first-order valence-corrected chi connectivity index (χ1v) is 8.15. The molecular formula is C16H20ClN3O3. The fraction of sp³-hybridized carbons (Fsp3) is 0.500. The molecule has 2 aromatic rings. The molecule has 7 heteroatoms. The monoisotopic (exact) mass is 337 g/mol. The van der Waals surface area contributed by atoms with Crippen molar-refractivity contribution in [2.24, 2.45) is 11.8 Å². The molecule has 0 radical (unpaired) electrons. The van der Waals surface area contributed by atoms with Crippen LogP contribution in [0.15, 0.2) is 24.5 Å². The molecule has 0 amide bonds. The first-order chi connectivity index (χ1) is 11.1. The molecule has 0 saturated carbocycles. The second-order valence-corrected chi connectivity index (χ2v) is 6.29. The SMILES string of the molecule is O=C(O)C(CNCc1cnc2ccc(Cl)cn12)C1CCOCC1. The molecule has 1 saturated heterocycles. The smallest absolute Gasteiger partial charge is 0.308 e. The number of fused-ring (bicyclic) bond motifs is 1. The summed E-state index contributed by atoms with van der Waals surface area (Å²) in [5.41, 5.74) is 1.78. The maximum atomic E-state index is 11.5. The third-order valence-electron chi connectivity index (χ3n) is 4.37. The second kappa shape index (κ2) is 7.29. The first kappa shape index (κ1) is 16.2. The third-order valence-corrected chi connectivity index (χ3v) is 4.59. The zero-order valence-electron chi connectivity index (χ0n) is 12.7. The number of ether oxygens (including phenoxy) is 1. The van der Waals surface area contributed by atoms with Gasteiger partial charge in [0.15, 0.2) is 0 Å². The average Bonchev–Trinajstić information content (AvgIpc) is 2.94. The molecular weight excluding hydrogens is 318 g/mol. The summed E-state index contributed by atoms with van der Waals surface area (Å²) in [4.78, 5) is 15.8. The molecule has 2 N–H and O–H groups in total. The lowest BCUT2D eigenvalue weighted by atomic mass is 9.86. The van der Waals surface area contributed by atoms with E-state index in [-0.39, 0.29) is 11.8 Å². The van der Waals surface area contributed by atoms with Crippen LogP contribution in [-0.2, 0) is 16.1 Å². The molecule has 1 fully saturated rings. The minimum absolute atomic E-state index is 0.172. The predicted octanol–water partition coefficient (Wildman–Crippen LogP) is 2.20. The summed E-state index contributed by atoms with van der Waals surface area (Å²) < 4.78 is 7.23. The number of imidazole rings is 1.